The number of ether oxygens (including phenoxy) is 2. The van der Waals surface area contributed by atoms with Crippen LogP contribution in [0.5, 0.6) is 0 Å². The lowest BCUT2D eigenvalue weighted by molar-refractivity contribution is -0.220. The highest BCUT2D eigenvalue weighted by Crippen LogP contribution is 2.56. The molecule has 1 saturated carbocycles. The predicted octanol–water partition coefficient (Wildman–Crippen LogP) is 1.32. The first-order chi connectivity index (χ1) is 11.8. The maximum absolute atomic E-state index is 12.9. The zero-order valence-electron chi connectivity index (χ0n) is 14.5. The first kappa shape index (κ1) is 16.5. The summed E-state index contributed by atoms with van der Waals surface area (Å²) in [5.74, 6) is -2.27. The number of rotatable bonds is 0. The number of Topliss-reactive ketones (excluding diaryl/α,β-unsaturated/α-hetero) is 1. The zero-order chi connectivity index (χ0) is 18.1. The Morgan fingerprint density at radius 2 is 1.88 bits per heavy atom. The predicted molar refractivity (Wildman–Crippen MR) is 86.1 cm³/mol. The minimum atomic E-state index is -1.18. The quantitative estimate of drug-likeness (QED) is 0.526. The van der Waals surface area contributed by atoms with E-state index >= 15 is 0 Å². The minimum Gasteiger partial charge on any atom is -0.486 e. The summed E-state index contributed by atoms with van der Waals surface area (Å²) in [6.45, 7) is 5.41. The normalized spacial score (nSPS) is 47.3. The van der Waals surface area contributed by atoms with Gasteiger partial charge in [-0.3, -0.25) is 9.59 Å². The number of allylic oxidation sites excluding steroid dienone is 1. The maximum atomic E-state index is 12.9. The van der Waals surface area contributed by atoms with E-state index in [1.165, 1.54) is 6.08 Å². The second-order valence-electron chi connectivity index (χ2n) is 7.93. The van der Waals surface area contributed by atoms with E-state index in [4.69, 9.17) is 9.47 Å². The molecule has 0 aromatic carbocycles. The van der Waals surface area contributed by atoms with E-state index in [0.29, 0.717) is 12.8 Å². The minimum absolute atomic E-state index is 0.0252. The molecule has 0 aromatic rings. The molecular formula is C19H22O6. The van der Waals surface area contributed by atoms with Crippen molar-refractivity contribution in [1.29, 1.82) is 0 Å². The van der Waals surface area contributed by atoms with Gasteiger partial charge in [0.25, 0.3) is 0 Å². The highest BCUT2D eigenvalue weighted by molar-refractivity contribution is 6.20. The number of hydrogen-bond donors (Lipinski definition) is 1. The van der Waals surface area contributed by atoms with Gasteiger partial charge in [0.05, 0.1) is 5.92 Å². The standard InChI is InChI=1S/C19H22O6/c1-8-6-9(2)14(21)13-17-19(25-18(13)23)7-10(3)16(24-17)15(22)11(19)4-5-12(8)20/h4-5,8-11,15-16,22H,6-7H2,1-3H3/b5-4+/t8-,9+,10+,11?,15+,16-,19+/m0/s1. The van der Waals surface area contributed by atoms with Crippen LogP contribution >= 0.6 is 0 Å². The molecule has 0 aromatic heterocycles. The topological polar surface area (TPSA) is 89.9 Å². The SMILES string of the molecule is C[C@@H]1C[C@H](C)C(=O)/C=C/C2[C@@H](O)[C@H]3OC4=C(C(=O)O[C@@]42C[C@H]3C)C1=O. The van der Waals surface area contributed by atoms with Gasteiger partial charge in [-0.15, -0.1) is 0 Å². The second kappa shape index (κ2) is 5.27. The Hall–Kier alpha value is -1.95. The van der Waals surface area contributed by atoms with Crippen molar-refractivity contribution in [2.45, 2.75) is 51.4 Å². The second-order valence-corrected chi connectivity index (χ2v) is 7.93. The van der Waals surface area contributed by atoms with Crippen molar-refractivity contribution >= 4 is 17.5 Å². The Morgan fingerprint density at radius 1 is 1.16 bits per heavy atom. The number of fused-ring (bicyclic) bond motifs is 1. The molecule has 1 N–H and O–H groups in total. The van der Waals surface area contributed by atoms with Crippen molar-refractivity contribution in [3.8, 4) is 0 Å². The first-order valence-corrected chi connectivity index (χ1v) is 8.85. The number of aliphatic hydroxyl groups is 1. The van der Waals surface area contributed by atoms with E-state index < -0.39 is 35.6 Å². The van der Waals surface area contributed by atoms with Gasteiger partial charge in [0.1, 0.15) is 17.8 Å². The summed E-state index contributed by atoms with van der Waals surface area (Å²) in [6, 6.07) is 0. The Kier molecular flexibility index (Phi) is 3.48. The van der Waals surface area contributed by atoms with Crippen molar-refractivity contribution in [3.63, 3.8) is 0 Å². The van der Waals surface area contributed by atoms with Crippen LogP contribution in [-0.2, 0) is 23.9 Å². The van der Waals surface area contributed by atoms with Crippen LogP contribution in [0.1, 0.15) is 33.6 Å². The molecule has 5 bridgehead atoms. The van der Waals surface area contributed by atoms with E-state index in [-0.39, 0.29) is 34.7 Å². The lowest BCUT2D eigenvalue weighted by Crippen LogP contribution is -2.63. The third-order valence-electron chi connectivity index (χ3n) is 6.13. The molecule has 2 aliphatic carbocycles. The van der Waals surface area contributed by atoms with Crippen LogP contribution in [-0.4, -0.2) is 40.5 Å². The molecule has 3 aliphatic heterocycles. The third-order valence-corrected chi connectivity index (χ3v) is 6.13. The van der Waals surface area contributed by atoms with E-state index in [2.05, 4.69) is 0 Å². The molecule has 1 unspecified atom stereocenters. The zero-order valence-corrected chi connectivity index (χ0v) is 14.5. The van der Waals surface area contributed by atoms with Crippen LogP contribution in [0, 0.1) is 23.7 Å². The summed E-state index contributed by atoms with van der Waals surface area (Å²) >= 11 is 0. The van der Waals surface area contributed by atoms with E-state index in [0.717, 1.165) is 0 Å². The van der Waals surface area contributed by atoms with Crippen molar-refractivity contribution in [3.05, 3.63) is 23.5 Å². The highest BCUT2D eigenvalue weighted by atomic mass is 16.6. The van der Waals surface area contributed by atoms with Crippen molar-refractivity contribution in [1.82, 2.24) is 0 Å². The molecule has 7 atom stereocenters. The van der Waals surface area contributed by atoms with Crippen LogP contribution < -0.4 is 0 Å². The number of carbonyl (C=O) groups excluding carboxylic acids is 3. The molecule has 0 amide bonds. The summed E-state index contributed by atoms with van der Waals surface area (Å²) in [6.07, 6.45) is 2.51. The summed E-state index contributed by atoms with van der Waals surface area (Å²) in [4.78, 5) is 37.8. The number of hydrogen-bond acceptors (Lipinski definition) is 6. The lowest BCUT2D eigenvalue weighted by atomic mass is 9.64. The van der Waals surface area contributed by atoms with Crippen molar-refractivity contribution in [2.24, 2.45) is 23.7 Å². The average Bonchev–Trinajstić information content (AvgIpc) is 2.83. The maximum Gasteiger partial charge on any atom is 0.346 e. The van der Waals surface area contributed by atoms with Gasteiger partial charge in [0, 0.05) is 18.3 Å². The fourth-order valence-corrected chi connectivity index (χ4v) is 4.79. The number of aliphatic hydroxyl groups excluding tert-OH is 1. The van der Waals surface area contributed by atoms with Gasteiger partial charge in [-0.25, -0.2) is 4.79 Å². The fourth-order valence-electron chi connectivity index (χ4n) is 4.79. The Labute approximate surface area is 145 Å². The molecule has 1 spiro atoms. The first-order valence-electron chi connectivity index (χ1n) is 8.85. The Morgan fingerprint density at radius 3 is 2.60 bits per heavy atom. The average molecular weight is 346 g/mol. The van der Waals surface area contributed by atoms with Gasteiger partial charge in [-0.1, -0.05) is 26.8 Å². The van der Waals surface area contributed by atoms with Crippen LogP contribution in [0.4, 0.5) is 0 Å². The van der Waals surface area contributed by atoms with Crippen LogP contribution in [0.2, 0.25) is 0 Å². The van der Waals surface area contributed by atoms with Crippen LogP contribution in [0.3, 0.4) is 0 Å². The van der Waals surface area contributed by atoms with Crippen LogP contribution in [0.25, 0.3) is 0 Å². The molecule has 25 heavy (non-hydrogen) atoms. The molecule has 3 heterocycles. The highest BCUT2D eigenvalue weighted by Gasteiger charge is 2.67. The summed E-state index contributed by atoms with van der Waals surface area (Å²) in [5.41, 5.74) is -1.21. The molecule has 5 rings (SSSR count). The Bertz CT molecular complexity index is 734. The van der Waals surface area contributed by atoms with E-state index in [1.807, 2.05) is 6.92 Å². The van der Waals surface area contributed by atoms with Crippen molar-refractivity contribution < 1.29 is 29.0 Å². The summed E-state index contributed by atoms with van der Waals surface area (Å²) in [5, 5.41) is 10.7. The third kappa shape index (κ3) is 2.09. The monoisotopic (exact) mass is 346 g/mol. The van der Waals surface area contributed by atoms with Gasteiger partial charge < -0.3 is 14.6 Å². The van der Waals surface area contributed by atoms with E-state index in [9.17, 15) is 19.5 Å². The van der Waals surface area contributed by atoms with E-state index in [1.54, 1.807) is 19.9 Å². The van der Waals surface area contributed by atoms with Gasteiger partial charge in [0.2, 0.25) is 0 Å². The molecule has 6 nitrogen and oxygen atoms in total. The van der Waals surface area contributed by atoms with Gasteiger partial charge in [0.15, 0.2) is 22.9 Å². The smallest absolute Gasteiger partial charge is 0.346 e. The largest absolute Gasteiger partial charge is 0.486 e. The van der Waals surface area contributed by atoms with Gasteiger partial charge in [-0.2, -0.15) is 0 Å². The molecule has 3 fully saturated rings. The number of esters is 1. The lowest BCUT2D eigenvalue weighted by Gasteiger charge is -2.54. The van der Waals surface area contributed by atoms with Crippen LogP contribution in [0.15, 0.2) is 23.5 Å². The molecular weight excluding hydrogens is 324 g/mol. The number of ketones is 2. The summed E-state index contributed by atoms with van der Waals surface area (Å²) in [7, 11) is 0. The molecule has 6 heteroatoms. The molecule has 134 valence electrons. The van der Waals surface area contributed by atoms with Gasteiger partial charge in [-0.05, 0) is 18.4 Å². The van der Waals surface area contributed by atoms with Crippen molar-refractivity contribution in [2.75, 3.05) is 0 Å². The summed E-state index contributed by atoms with van der Waals surface area (Å²) < 4.78 is 11.6. The number of carbonyl (C=O) groups is 3. The van der Waals surface area contributed by atoms with Gasteiger partial charge >= 0.3 is 5.97 Å². The Balaban J connectivity index is 1.93. The molecule has 0 radical (unpaired) electrons. The molecule has 5 aliphatic rings. The molecule has 2 saturated heterocycles. The fraction of sp³-hybridized carbons (Fsp3) is 0.632.